The lowest BCUT2D eigenvalue weighted by Crippen LogP contribution is -2.36. The van der Waals surface area contributed by atoms with Gasteiger partial charge in [0.05, 0.1) is 19.6 Å². The predicted octanol–water partition coefficient (Wildman–Crippen LogP) is 6.78. The maximum Gasteiger partial charge on any atom is 0.258 e. The van der Waals surface area contributed by atoms with Crippen molar-refractivity contribution in [2.75, 3.05) is 43.1 Å². The molecule has 2 aliphatic heterocycles. The van der Waals surface area contributed by atoms with Crippen LogP contribution in [0, 0.1) is 5.41 Å². The highest BCUT2D eigenvalue weighted by atomic mass is 17.2. The summed E-state index contributed by atoms with van der Waals surface area (Å²) in [4.78, 5) is 53.9. The molecule has 2 aliphatic rings. The highest BCUT2D eigenvalue weighted by Crippen LogP contribution is 2.43. The van der Waals surface area contributed by atoms with Gasteiger partial charge in [-0.15, -0.1) is 0 Å². The second-order valence-electron chi connectivity index (χ2n) is 12.0. The summed E-state index contributed by atoms with van der Waals surface area (Å²) in [5, 5.41) is 2.99. The Bertz CT molecular complexity index is 1690. The van der Waals surface area contributed by atoms with E-state index in [9.17, 15) is 14.4 Å². The molecule has 8 heteroatoms. The van der Waals surface area contributed by atoms with Crippen LogP contribution in [-0.4, -0.2) is 55.5 Å². The van der Waals surface area contributed by atoms with Crippen LogP contribution in [0.25, 0.3) is 11.1 Å². The van der Waals surface area contributed by atoms with Gasteiger partial charge in [-0.3, -0.25) is 14.4 Å². The smallest absolute Gasteiger partial charge is 0.258 e. The summed E-state index contributed by atoms with van der Waals surface area (Å²) >= 11 is 0. The van der Waals surface area contributed by atoms with Crippen molar-refractivity contribution in [3.8, 4) is 11.1 Å². The van der Waals surface area contributed by atoms with Gasteiger partial charge in [-0.05, 0) is 84.7 Å². The molecule has 1 N–H and O–H groups in total. The average molecular weight is 618 g/mol. The van der Waals surface area contributed by atoms with Gasteiger partial charge >= 0.3 is 0 Å². The first-order chi connectivity index (χ1) is 22.5. The van der Waals surface area contributed by atoms with Crippen LogP contribution in [0.1, 0.15) is 52.5 Å². The molecule has 236 valence electrons. The Hall–Kier alpha value is -4.79. The van der Waals surface area contributed by atoms with E-state index in [2.05, 4.69) is 11.4 Å². The third-order valence-electron chi connectivity index (χ3n) is 9.00. The van der Waals surface area contributed by atoms with Crippen LogP contribution >= 0.6 is 0 Å². The number of hydrogen-bond acceptors (Lipinski definition) is 5. The summed E-state index contributed by atoms with van der Waals surface area (Å²) in [5.74, 6) is -0.232. The number of rotatable bonds is 9. The first-order valence-corrected chi connectivity index (χ1v) is 15.9. The topological polar surface area (TPSA) is 88.2 Å². The number of nitrogens with one attached hydrogen (secondary N) is 1. The van der Waals surface area contributed by atoms with E-state index in [0.29, 0.717) is 43.1 Å². The largest absolute Gasteiger partial charge is 0.342 e. The normalized spacial score (nSPS) is 17.4. The van der Waals surface area contributed by atoms with Crippen molar-refractivity contribution >= 4 is 29.1 Å². The fourth-order valence-corrected chi connectivity index (χ4v) is 6.62. The highest BCUT2D eigenvalue weighted by Gasteiger charge is 2.42. The molecule has 8 nitrogen and oxygen atoms in total. The number of amides is 3. The van der Waals surface area contributed by atoms with Crippen molar-refractivity contribution < 1.29 is 24.2 Å². The van der Waals surface area contributed by atoms with Crippen LogP contribution in [0.15, 0.2) is 103 Å². The van der Waals surface area contributed by atoms with E-state index < -0.39 is 0 Å². The first kappa shape index (κ1) is 31.2. The Labute approximate surface area is 269 Å². The Balaban J connectivity index is 1.14. The van der Waals surface area contributed by atoms with Gasteiger partial charge in [0.15, 0.2) is 0 Å². The molecule has 0 bridgehead atoms. The average Bonchev–Trinajstić information content (AvgIpc) is 3.44. The maximum atomic E-state index is 14.0. The number of hydrogen-bond donors (Lipinski definition) is 1. The van der Waals surface area contributed by atoms with Crippen LogP contribution in [0.5, 0.6) is 0 Å². The lowest BCUT2D eigenvalue weighted by atomic mass is 9.78. The summed E-state index contributed by atoms with van der Waals surface area (Å²) in [6.45, 7) is 4.45. The standard InChI is InChI=1S/C38H39N3O5/c1-2-45-46-25-20-35(42)40-23-21-38(27-40)22-24-41(34-15-9-6-12-30(34)26-38)37(44)29-16-18-31(19-17-29)39-36(43)33-14-8-7-13-32(33)28-10-4-3-5-11-28/h3-19H,2,20-27H2,1H3,(H,39,43). The molecule has 3 amide bonds. The van der Waals surface area contributed by atoms with Gasteiger partial charge in [0, 0.05) is 42.1 Å². The van der Waals surface area contributed by atoms with Gasteiger partial charge in [0.25, 0.3) is 11.8 Å². The Morgan fingerprint density at radius 3 is 2.33 bits per heavy atom. The minimum absolute atomic E-state index is 0.0674. The molecule has 46 heavy (non-hydrogen) atoms. The lowest BCUT2D eigenvalue weighted by molar-refractivity contribution is -0.290. The van der Waals surface area contributed by atoms with Gasteiger partial charge in [-0.2, -0.15) is 0 Å². The second-order valence-corrected chi connectivity index (χ2v) is 12.0. The molecule has 4 aromatic rings. The van der Waals surface area contributed by atoms with Crippen molar-refractivity contribution in [1.82, 2.24) is 4.90 Å². The number of benzene rings is 4. The van der Waals surface area contributed by atoms with Crippen LogP contribution in [0.4, 0.5) is 11.4 Å². The molecule has 1 spiro atoms. The van der Waals surface area contributed by atoms with Crippen molar-refractivity contribution in [2.45, 2.75) is 32.6 Å². The molecule has 4 aromatic carbocycles. The molecule has 1 unspecified atom stereocenters. The third kappa shape index (κ3) is 6.88. The molecular formula is C38H39N3O5. The number of para-hydroxylation sites is 1. The summed E-state index contributed by atoms with van der Waals surface area (Å²) in [5.41, 5.74) is 5.50. The SMILES string of the molecule is CCOOCCC(=O)N1CCC2(CCN(C(=O)c3ccc(NC(=O)c4ccccc4-c4ccccc4)cc3)c3ccccc3C2)C1. The highest BCUT2D eigenvalue weighted by molar-refractivity contribution is 6.10. The molecule has 1 fully saturated rings. The monoisotopic (exact) mass is 617 g/mol. The third-order valence-corrected chi connectivity index (χ3v) is 9.00. The second kappa shape index (κ2) is 14.1. The molecule has 1 atom stereocenters. The van der Waals surface area contributed by atoms with E-state index in [1.165, 1.54) is 0 Å². The van der Waals surface area contributed by atoms with Crippen LogP contribution < -0.4 is 10.2 Å². The van der Waals surface area contributed by atoms with E-state index >= 15 is 0 Å². The summed E-state index contributed by atoms with van der Waals surface area (Å²) in [7, 11) is 0. The van der Waals surface area contributed by atoms with Crippen LogP contribution in [0.2, 0.25) is 0 Å². The maximum absolute atomic E-state index is 14.0. The van der Waals surface area contributed by atoms with Crippen molar-refractivity contribution in [3.63, 3.8) is 0 Å². The number of likely N-dealkylation sites (tertiary alicyclic amines) is 1. The first-order valence-electron chi connectivity index (χ1n) is 15.9. The van der Waals surface area contributed by atoms with Gasteiger partial charge in [-0.1, -0.05) is 66.7 Å². The van der Waals surface area contributed by atoms with E-state index in [0.717, 1.165) is 41.6 Å². The summed E-state index contributed by atoms with van der Waals surface area (Å²) in [6, 6.07) is 32.5. The summed E-state index contributed by atoms with van der Waals surface area (Å²) < 4.78 is 0. The molecule has 2 heterocycles. The Morgan fingerprint density at radius 2 is 1.52 bits per heavy atom. The Kier molecular flexibility index (Phi) is 9.57. The molecular weight excluding hydrogens is 578 g/mol. The minimum Gasteiger partial charge on any atom is -0.342 e. The Morgan fingerprint density at radius 1 is 0.804 bits per heavy atom. The predicted molar refractivity (Wildman–Crippen MR) is 179 cm³/mol. The number of anilines is 2. The van der Waals surface area contributed by atoms with Crippen LogP contribution in [-0.2, 0) is 21.0 Å². The number of carbonyl (C=O) groups is 3. The van der Waals surface area contributed by atoms with Crippen molar-refractivity contribution in [1.29, 1.82) is 0 Å². The fraction of sp³-hybridized carbons (Fsp3) is 0.289. The zero-order valence-corrected chi connectivity index (χ0v) is 26.1. The fourth-order valence-electron chi connectivity index (χ4n) is 6.62. The number of fused-ring (bicyclic) bond motifs is 1. The van der Waals surface area contributed by atoms with E-state index in [4.69, 9.17) is 9.78 Å². The van der Waals surface area contributed by atoms with Gasteiger partial charge < -0.3 is 15.1 Å². The number of nitrogens with zero attached hydrogens (tertiary/aromatic N) is 2. The van der Waals surface area contributed by atoms with E-state index in [1.54, 1.807) is 24.3 Å². The lowest BCUT2D eigenvalue weighted by Gasteiger charge is -2.28. The minimum atomic E-state index is -0.212. The molecule has 0 saturated carbocycles. The molecule has 0 radical (unpaired) electrons. The van der Waals surface area contributed by atoms with Gasteiger partial charge in [-0.25, -0.2) is 9.78 Å². The van der Waals surface area contributed by atoms with E-state index in [-0.39, 0.29) is 36.2 Å². The van der Waals surface area contributed by atoms with E-state index in [1.807, 2.05) is 89.5 Å². The zero-order valence-electron chi connectivity index (χ0n) is 26.1. The summed E-state index contributed by atoms with van der Waals surface area (Å²) in [6.07, 6.45) is 2.78. The quantitative estimate of drug-likeness (QED) is 0.127. The molecule has 0 aliphatic carbocycles. The van der Waals surface area contributed by atoms with Crippen LogP contribution in [0.3, 0.4) is 0 Å². The number of carbonyl (C=O) groups excluding carboxylic acids is 3. The molecule has 6 rings (SSSR count). The molecule has 1 saturated heterocycles. The zero-order chi connectivity index (χ0) is 31.9. The van der Waals surface area contributed by atoms with Gasteiger partial charge in [0.1, 0.15) is 0 Å². The van der Waals surface area contributed by atoms with Crippen molar-refractivity contribution in [2.24, 2.45) is 5.41 Å². The molecule has 0 aromatic heterocycles. The van der Waals surface area contributed by atoms with Crippen molar-refractivity contribution in [3.05, 3.63) is 120 Å². The van der Waals surface area contributed by atoms with Gasteiger partial charge in [0.2, 0.25) is 5.91 Å².